The first kappa shape index (κ1) is 21.3. The van der Waals surface area contributed by atoms with E-state index in [9.17, 15) is 4.79 Å². The predicted octanol–water partition coefficient (Wildman–Crippen LogP) is 5.54. The molecule has 0 fully saturated rings. The zero-order valence-corrected chi connectivity index (χ0v) is 19.2. The maximum atomic E-state index is 12.8. The lowest BCUT2D eigenvalue weighted by molar-refractivity contribution is 0.395. The van der Waals surface area contributed by atoms with Crippen molar-refractivity contribution in [3.63, 3.8) is 0 Å². The SMILES string of the molecule is Cc1ccc2[nH]c(=O)c(CN(Cc3cccs3)C(=S)NC(C)c3ccccc3)cc2c1. The summed E-state index contributed by atoms with van der Waals surface area (Å²) in [7, 11) is 0. The van der Waals surface area contributed by atoms with Crippen molar-refractivity contribution in [2.45, 2.75) is 33.0 Å². The first-order chi connectivity index (χ1) is 15.0. The maximum Gasteiger partial charge on any atom is 0.253 e. The number of aryl methyl sites for hydroxylation is 1. The second-order valence-corrected chi connectivity index (χ2v) is 9.15. The molecule has 0 bridgehead atoms. The minimum absolute atomic E-state index is 0.0667. The van der Waals surface area contributed by atoms with Crippen LogP contribution < -0.4 is 10.9 Å². The number of thiophene rings is 1. The molecule has 4 rings (SSSR count). The third kappa shape index (κ3) is 5.21. The molecule has 1 unspecified atom stereocenters. The monoisotopic (exact) mass is 447 g/mol. The summed E-state index contributed by atoms with van der Waals surface area (Å²) in [6.45, 7) is 5.23. The highest BCUT2D eigenvalue weighted by atomic mass is 32.1. The third-order valence-corrected chi connectivity index (χ3v) is 6.53. The number of nitrogens with zero attached hydrogens (tertiary/aromatic N) is 1. The molecule has 0 radical (unpaired) electrons. The van der Waals surface area contributed by atoms with E-state index in [0.717, 1.165) is 16.5 Å². The molecule has 4 aromatic rings. The molecule has 0 aliphatic rings. The summed E-state index contributed by atoms with van der Waals surface area (Å²) in [6.07, 6.45) is 0. The molecule has 2 N–H and O–H groups in total. The summed E-state index contributed by atoms with van der Waals surface area (Å²) < 4.78 is 0. The lowest BCUT2D eigenvalue weighted by Gasteiger charge is -2.28. The van der Waals surface area contributed by atoms with Crippen LogP contribution in [0.5, 0.6) is 0 Å². The first-order valence-electron chi connectivity index (χ1n) is 10.2. The fourth-order valence-electron chi connectivity index (χ4n) is 3.59. The Kier molecular flexibility index (Phi) is 6.49. The molecule has 0 saturated heterocycles. The molecule has 31 heavy (non-hydrogen) atoms. The molecule has 6 heteroatoms. The van der Waals surface area contributed by atoms with Crippen LogP contribution in [0.2, 0.25) is 0 Å². The van der Waals surface area contributed by atoms with Gasteiger partial charge in [0.2, 0.25) is 0 Å². The lowest BCUT2D eigenvalue weighted by atomic mass is 10.1. The van der Waals surface area contributed by atoms with E-state index >= 15 is 0 Å². The van der Waals surface area contributed by atoms with Crippen molar-refractivity contribution in [3.8, 4) is 0 Å². The number of hydrogen-bond donors (Lipinski definition) is 2. The Labute approximate surface area is 191 Å². The summed E-state index contributed by atoms with van der Waals surface area (Å²) in [5.41, 5.74) is 3.80. The molecule has 2 aromatic carbocycles. The zero-order chi connectivity index (χ0) is 21.8. The molecule has 2 aromatic heterocycles. The van der Waals surface area contributed by atoms with Crippen LogP contribution in [0.4, 0.5) is 0 Å². The van der Waals surface area contributed by atoms with Crippen LogP contribution in [0, 0.1) is 6.92 Å². The molecule has 4 nitrogen and oxygen atoms in total. The van der Waals surface area contributed by atoms with Gasteiger partial charge in [0.15, 0.2) is 5.11 Å². The van der Waals surface area contributed by atoms with Gasteiger partial charge in [0.25, 0.3) is 5.56 Å². The number of fused-ring (bicyclic) bond motifs is 1. The average molecular weight is 448 g/mol. The number of thiocarbonyl (C=S) groups is 1. The lowest BCUT2D eigenvalue weighted by Crippen LogP contribution is -2.40. The van der Waals surface area contributed by atoms with Gasteiger partial charge in [-0.05, 0) is 66.7 Å². The maximum absolute atomic E-state index is 12.8. The van der Waals surface area contributed by atoms with Gasteiger partial charge in [-0.3, -0.25) is 4.79 Å². The molecule has 0 amide bonds. The Morgan fingerprint density at radius 2 is 1.90 bits per heavy atom. The summed E-state index contributed by atoms with van der Waals surface area (Å²) in [5.74, 6) is 0. The Balaban J connectivity index is 1.60. The second kappa shape index (κ2) is 9.45. The van der Waals surface area contributed by atoms with Gasteiger partial charge < -0.3 is 15.2 Å². The van der Waals surface area contributed by atoms with Crippen LogP contribution in [-0.4, -0.2) is 15.0 Å². The number of hydrogen-bond acceptors (Lipinski definition) is 3. The largest absolute Gasteiger partial charge is 0.356 e. The van der Waals surface area contributed by atoms with Crippen LogP contribution in [0.1, 0.15) is 34.5 Å². The Bertz CT molecular complexity index is 1230. The fraction of sp³-hybridized carbons (Fsp3) is 0.200. The number of pyridine rings is 1. The predicted molar refractivity (Wildman–Crippen MR) is 133 cm³/mol. The smallest absolute Gasteiger partial charge is 0.253 e. The Morgan fingerprint density at radius 3 is 2.65 bits per heavy atom. The molecular weight excluding hydrogens is 422 g/mol. The average Bonchev–Trinajstić information content (AvgIpc) is 3.27. The quantitative estimate of drug-likeness (QED) is 0.381. The van der Waals surface area contributed by atoms with Gasteiger partial charge in [-0.2, -0.15) is 0 Å². The summed E-state index contributed by atoms with van der Waals surface area (Å²) in [4.78, 5) is 19.1. The highest BCUT2D eigenvalue weighted by Gasteiger charge is 2.17. The van der Waals surface area contributed by atoms with Crippen molar-refractivity contribution < 1.29 is 0 Å². The van der Waals surface area contributed by atoms with Crippen molar-refractivity contribution in [2.75, 3.05) is 0 Å². The summed E-state index contributed by atoms with van der Waals surface area (Å²) >= 11 is 7.48. The number of rotatable bonds is 6. The summed E-state index contributed by atoms with van der Waals surface area (Å²) in [6, 6.07) is 22.4. The van der Waals surface area contributed by atoms with Crippen LogP contribution in [0.15, 0.2) is 76.9 Å². The van der Waals surface area contributed by atoms with E-state index in [0.29, 0.717) is 23.8 Å². The van der Waals surface area contributed by atoms with E-state index in [4.69, 9.17) is 12.2 Å². The van der Waals surface area contributed by atoms with Crippen molar-refractivity contribution in [2.24, 2.45) is 0 Å². The van der Waals surface area contributed by atoms with Crippen LogP contribution >= 0.6 is 23.6 Å². The molecule has 1 atom stereocenters. The van der Waals surface area contributed by atoms with E-state index < -0.39 is 0 Å². The highest BCUT2D eigenvalue weighted by Crippen LogP contribution is 2.18. The molecular formula is C25H25N3OS2. The van der Waals surface area contributed by atoms with Crippen molar-refractivity contribution in [3.05, 3.63) is 104 Å². The van der Waals surface area contributed by atoms with Crippen molar-refractivity contribution in [1.29, 1.82) is 0 Å². The van der Waals surface area contributed by atoms with Crippen LogP contribution in [0.3, 0.4) is 0 Å². The van der Waals surface area contributed by atoms with E-state index in [1.807, 2.05) is 42.5 Å². The fourth-order valence-corrected chi connectivity index (χ4v) is 4.61. The normalized spacial score (nSPS) is 11.9. The molecule has 0 aliphatic carbocycles. The zero-order valence-electron chi connectivity index (χ0n) is 17.6. The van der Waals surface area contributed by atoms with E-state index in [1.54, 1.807) is 11.3 Å². The van der Waals surface area contributed by atoms with Gasteiger partial charge >= 0.3 is 0 Å². The standard InChI is InChI=1S/C25H25N3OS2/c1-17-10-11-23-20(13-17)14-21(24(29)27-23)15-28(16-22-9-6-12-31-22)25(30)26-18(2)19-7-4-3-5-8-19/h3-14,18H,15-16H2,1-2H3,(H,26,30)(H,27,29). The van der Waals surface area contributed by atoms with Gasteiger partial charge in [-0.25, -0.2) is 0 Å². The summed E-state index contributed by atoms with van der Waals surface area (Å²) in [5, 5.41) is 7.16. The van der Waals surface area contributed by atoms with Gasteiger partial charge in [0.1, 0.15) is 0 Å². The van der Waals surface area contributed by atoms with E-state index in [-0.39, 0.29) is 11.6 Å². The van der Waals surface area contributed by atoms with Crippen LogP contribution in [-0.2, 0) is 13.1 Å². The Morgan fingerprint density at radius 1 is 1.10 bits per heavy atom. The van der Waals surface area contributed by atoms with Gasteiger partial charge in [-0.1, -0.05) is 48.0 Å². The second-order valence-electron chi connectivity index (χ2n) is 7.73. The first-order valence-corrected chi connectivity index (χ1v) is 11.5. The molecule has 0 saturated carbocycles. The van der Waals surface area contributed by atoms with Crippen molar-refractivity contribution in [1.82, 2.24) is 15.2 Å². The van der Waals surface area contributed by atoms with Gasteiger partial charge in [-0.15, -0.1) is 11.3 Å². The molecule has 0 spiro atoms. The third-order valence-electron chi connectivity index (χ3n) is 5.29. The number of aromatic nitrogens is 1. The molecule has 158 valence electrons. The van der Waals surface area contributed by atoms with Gasteiger partial charge in [0, 0.05) is 16.0 Å². The topological polar surface area (TPSA) is 48.1 Å². The minimum atomic E-state index is -0.0774. The van der Waals surface area contributed by atoms with Crippen molar-refractivity contribution >= 4 is 39.6 Å². The molecule has 2 heterocycles. The van der Waals surface area contributed by atoms with E-state index in [1.165, 1.54) is 10.4 Å². The number of benzene rings is 2. The van der Waals surface area contributed by atoms with Gasteiger partial charge in [0.05, 0.1) is 19.1 Å². The van der Waals surface area contributed by atoms with Crippen LogP contribution in [0.25, 0.3) is 10.9 Å². The molecule has 0 aliphatic heterocycles. The highest BCUT2D eigenvalue weighted by molar-refractivity contribution is 7.80. The number of H-pyrrole nitrogens is 1. The minimum Gasteiger partial charge on any atom is -0.356 e. The number of aromatic amines is 1. The number of nitrogens with one attached hydrogen (secondary N) is 2. The Hall–Kier alpha value is -2.96. The van der Waals surface area contributed by atoms with E-state index in [2.05, 4.69) is 58.7 Å².